The van der Waals surface area contributed by atoms with E-state index in [0.29, 0.717) is 18.2 Å². The van der Waals surface area contributed by atoms with Gasteiger partial charge in [0.1, 0.15) is 0 Å². The lowest BCUT2D eigenvalue weighted by molar-refractivity contribution is 0.0304. The van der Waals surface area contributed by atoms with Gasteiger partial charge in [-0.1, -0.05) is 37.6 Å². The fourth-order valence-corrected chi connectivity index (χ4v) is 3.48. The van der Waals surface area contributed by atoms with Crippen LogP contribution in [0.25, 0.3) is 0 Å². The number of nitrogens with one attached hydrogen (secondary N) is 1. The van der Waals surface area contributed by atoms with E-state index >= 15 is 0 Å². The lowest BCUT2D eigenvalue weighted by Crippen LogP contribution is -2.43. The highest BCUT2D eigenvalue weighted by molar-refractivity contribution is 6.33. The van der Waals surface area contributed by atoms with E-state index in [4.69, 9.17) is 16.3 Å². The van der Waals surface area contributed by atoms with E-state index in [0.717, 1.165) is 24.7 Å². The average Bonchev–Trinajstić information content (AvgIpc) is 2.75. The molecule has 2 fully saturated rings. The van der Waals surface area contributed by atoms with Gasteiger partial charge >= 0.3 is 0 Å². The molecule has 2 aliphatic rings. The van der Waals surface area contributed by atoms with Crippen LogP contribution in [0.5, 0.6) is 0 Å². The second kappa shape index (κ2) is 5.92. The van der Waals surface area contributed by atoms with Gasteiger partial charge in [0.05, 0.1) is 22.9 Å². The van der Waals surface area contributed by atoms with E-state index in [-0.39, 0.29) is 0 Å². The summed E-state index contributed by atoms with van der Waals surface area (Å²) in [6.07, 6.45) is 3.14. The first-order valence-corrected chi connectivity index (χ1v) is 7.92. The van der Waals surface area contributed by atoms with Crippen molar-refractivity contribution in [3.05, 3.63) is 28.8 Å². The van der Waals surface area contributed by atoms with Crippen LogP contribution in [0, 0.1) is 0 Å². The molecule has 1 aromatic carbocycles. The number of fused-ring (bicyclic) bond motifs is 2. The highest BCUT2D eigenvalue weighted by atomic mass is 35.5. The van der Waals surface area contributed by atoms with E-state index in [2.05, 4.69) is 30.1 Å². The van der Waals surface area contributed by atoms with Gasteiger partial charge in [0, 0.05) is 25.7 Å². The highest BCUT2D eigenvalue weighted by Crippen LogP contribution is 2.35. The number of morpholine rings is 1. The Bertz CT molecular complexity index is 466. The molecular weight excluding hydrogens is 272 g/mol. The van der Waals surface area contributed by atoms with Crippen LogP contribution in [-0.4, -0.2) is 31.3 Å². The molecule has 20 heavy (non-hydrogen) atoms. The predicted octanol–water partition coefficient (Wildman–Crippen LogP) is 3.21. The Kier molecular flexibility index (Phi) is 4.20. The molecule has 0 saturated carbocycles. The van der Waals surface area contributed by atoms with Crippen molar-refractivity contribution in [1.29, 1.82) is 0 Å². The van der Waals surface area contributed by atoms with Crippen molar-refractivity contribution in [2.45, 2.75) is 51.5 Å². The number of halogens is 1. The van der Waals surface area contributed by atoms with Crippen molar-refractivity contribution in [1.82, 2.24) is 5.32 Å². The number of nitrogens with zero attached hydrogens (tertiary/aromatic N) is 1. The van der Waals surface area contributed by atoms with Gasteiger partial charge in [0.15, 0.2) is 0 Å². The maximum atomic E-state index is 6.48. The zero-order valence-electron chi connectivity index (χ0n) is 12.2. The monoisotopic (exact) mass is 294 g/mol. The van der Waals surface area contributed by atoms with Gasteiger partial charge in [-0.3, -0.25) is 0 Å². The summed E-state index contributed by atoms with van der Waals surface area (Å²) in [5.41, 5.74) is 2.48. The fourth-order valence-electron chi connectivity index (χ4n) is 3.17. The van der Waals surface area contributed by atoms with Crippen LogP contribution < -0.4 is 10.2 Å². The number of hydrogen-bond acceptors (Lipinski definition) is 3. The largest absolute Gasteiger partial charge is 0.371 e. The fraction of sp³-hybridized carbons (Fsp3) is 0.625. The first-order chi connectivity index (χ1) is 9.63. The summed E-state index contributed by atoms with van der Waals surface area (Å²) in [6.45, 7) is 7.13. The Balaban J connectivity index is 1.83. The van der Waals surface area contributed by atoms with Crippen LogP contribution in [0.3, 0.4) is 0 Å². The lowest BCUT2D eigenvalue weighted by Gasteiger charge is -2.35. The molecular formula is C16H23ClN2O. The molecule has 2 bridgehead atoms. The first kappa shape index (κ1) is 14.2. The normalized spacial score (nSPS) is 25.5. The highest BCUT2D eigenvalue weighted by Gasteiger charge is 2.34. The molecule has 2 aliphatic heterocycles. The first-order valence-electron chi connectivity index (χ1n) is 7.54. The minimum absolute atomic E-state index is 0.385. The van der Waals surface area contributed by atoms with Crippen LogP contribution in [0.4, 0.5) is 5.69 Å². The summed E-state index contributed by atoms with van der Waals surface area (Å²) >= 11 is 6.48. The molecule has 4 heteroatoms. The van der Waals surface area contributed by atoms with Gasteiger partial charge < -0.3 is 15.0 Å². The molecule has 3 nitrogen and oxygen atoms in total. The van der Waals surface area contributed by atoms with Crippen LogP contribution >= 0.6 is 11.6 Å². The molecule has 2 heterocycles. The summed E-state index contributed by atoms with van der Waals surface area (Å²) in [4.78, 5) is 2.42. The van der Waals surface area contributed by atoms with E-state index in [9.17, 15) is 0 Å². The molecule has 2 saturated heterocycles. The SMILES string of the molecule is CC(C)NCc1cccc(Cl)c1N1CC2CCC(C1)O2. The molecule has 0 aromatic heterocycles. The number of rotatable bonds is 4. The molecule has 0 spiro atoms. The minimum atomic E-state index is 0.385. The second-order valence-corrected chi connectivity index (χ2v) is 6.55. The van der Waals surface area contributed by atoms with Crippen LogP contribution in [0.2, 0.25) is 5.02 Å². The predicted molar refractivity (Wildman–Crippen MR) is 83.5 cm³/mol. The number of anilines is 1. The standard InChI is InChI=1S/C16H23ClN2O/c1-11(2)18-8-12-4-3-5-15(17)16(12)19-9-13-6-7-14(10-19)20-13/h3-5,11,13-14,18H,6-10H2,1-2H3. The van der Waals surface area contributed by atoms with Gasteiger partial charge in [-0.2, -0.15) is 0 Å². The van der Waals surface area contributed by atoms with E-state index in [1.807, 2.05) is 12.1 Å². The number of ether oxygens (including phenoxy) is 1. The van der Waals surface area contributed by atoms with Crippen molar-refractivity contribution in [3.8, 4) is 0 Å². The van der Waals surface area contributed by atoms with E-state index in [1.165, 1.54) is 24.1 Å². The van der Waals surface area contributed by atoms with E-state index in [1.54, 1.807) is 0 Å². The Morgan fingerprint density at radius 3 is 2.65 bits per heavy atom. The Morgan fingerprint density at radius 1 is 1.30 bits per heavy atom. The molecule has 1 N–H and O–H groups in total. The van der Waals surface area contributed by atoms with Crippen molar-refractivity contribution in [3.63, 3.8) is 0 Å². The van der Waals surface area contributed by atoms with Crippen molar-refractivity contribution < 1.29 is 4.74 Å². The van der Waals surface area contributed by atoms with Crippen LogP contribution in [0.15, 0.2) is 18.2 Å². The van der Waals surface area contributed by atoms with Gasteiger partial charge in [0.2, 0.25) is 0 Å². The zero-order chi connectivity index (χ0) is 14.1. The maximum Gasteiger partial charge on any atom is 0.0755 e. The molecule has 2 atom stereocenters. The zero-order valence-corrected chi connectivity index (χ0v) is 13.0. The molecule has 2 unspecified atom stereocenters. The molecule has 110 valence electrons. The third kappa shape index (κ3) is 2.95. The smallest absolute Gasteiger partial charge is 0.0755 e. The van der Waals surface area contributed by atoms with Crippen molar-refractivity contribution in [2.75, 3.05) is 18.0 Å². The molecule has 0 amide bonds. The van der Waals surface area contributed by atoms with Crippen molar-refractivity contribution in [2.24, 2.45) is 0 Å². The second-order valence-electron chi connectivity index (χ2n) is 6.15. The minimum Gasteiger partial charge on any atom is -0.371 e. The quantitative estimate of drug-likeness (QED) is 0.923. The number of hydrogen-bond donors (Lipinski definition) is 1. The van der Waals surface area contributed by atoms with Gasteiger partial charge in [-0.05, 0) is 24.5 Å². The number of benzene rings is 1. The topological polar surface area (TPSA) is 24.5 Å². The summed E-state index contributed by atoms with van der Waals surface area (Å²) in [7, 11) is 0. The number of para-hydroxylation sites is 1. The summed E-state index contributed by atoms with van der Waals surface area (Å²) < 4.78 is 5.93. The third-order valence-electron chi connectivity index (χ3n) is 4.13. The lowest BCUT2D eigenvalue weighted by atomic mass is 10.1. The molecule has 3 rings (SSSR count). The summed E-state index contributed by atoms with van der Waals surface area (Å²) in [5, 5.41) is 4.35. The summed E-state index contributed by atoms with van der Waals surface area (Å²) in [5.74, 6) is 0. The van der Waals surface area contributed by atoms with Gasteiger partial charge in [-0.15, -0.1) is 0 Å². The molecule has 0 radical (unpaired) electrons. The van der Waals surface area contributed by atoms with Crippen LogP contribution in [-0.2, 0) is 11.3 Å². The molecule has 1 aromatic rings. The van der Waals surface area contributed by atoms with Gasteiger partial charge in [-0.25, -0.2) is 0 Å². The van der Waals surface area contributed by atoms with E-state index < -0.39 is 0 Å². The Hall–Kier alpha value is -0.770. The van der Waals surface area contributed by atoms with Crippen molar-refractivity contribution >= 4 is 17.3 Å². The van der Waals surface area contributed by atoms with Gasteiger partial charge in [0.25, 0.3) is 0 Å². The Morgan fingerprint density at radius 2 is 2.00 bits per heavy atom. The third-order valence-corrected chi connectivity index (χ3v) is 4.44. The molecule has 0 aliphatic carbocycles. The Labute approximate surface area is 126 Å². The average molecular weight is 295 g/mol. The maximum absolute atomic E-state index is 6.48. The van der Waals surface area contributed by atoms with Crippen LogP contribution in [0.1, 0.15) is 32.3 Å². The summed E-state index contributed by atoms with van der Waals surface area (Å²) in [6, 6.07) is 6.68.